The van der Waals surface area contributed by atoms with E-state index < -0.39 is 5.41 Å². The summed E-state index contributed by atoms with van der Waals surface area (Å²) in [7, 11) is 0. The molecule has 10 aromatic rings. The van der Waals surface area contributed by atoms with Crippen LogP contribution in [0.3, 0.4) is 0 Å². The molecule has 3 nitrogen and oxygen atoms in total. The Labute approximate surface area is 518 Å². The van der Waals surface area contributed by atoms with E-state index in [1.807, 2.05) is 0 Å². The number of allylic oxidation sites excluding steroid dienone is 6. The van der Waals surface area contributed by atoms with Gasteiger partial charge in [-0.15, -0.1) is 0 Å². The molecule has 4 aliphatic carbocycles. The van der Waals surface area contributed by atoms with E-state index in [0.717, 1.165) is 52.7 Å². The van der Waals surface area contributed by atoms with Crippen LogP contribution in [0.15, 0.2) is 266 Å². The van der Waals surface area contributed by atoms with Crippen molar-refractivity contribution in [1.29, 1.82) is 0 Å². The fourth-order valence-electron chi connectivity index (χ4n) is 12.9. The van der Waals surface area contributed by atoms with Gasteiger partial charge in [-0.2, -0.15) is 0 Å². The SMILES string of the molecule is Cc1ccc(C)cc1.Cc1ccc(C)cc1.Cc1ccc(N(C2=CCC(C)C=C2)c2ccc3c(c2)C2(c4cc(C)ccc4-c4ccc(N(c5ccc(C)cc5)c5ccc(C)cc5)cc42)c2cc(N(C4=CCC(C)C=C4)c4ccc(C)cc4)ccc2-3)cc1. The number of rotatable bonds is 9. The lowest BCUT2D eigenvalue weighted by molar-refractivity contribution is 0.728. The van der Waals surface area contributed by atoms with Crippen molar-refractivity contribution in [3.05, 3.63) is 339 Å². The smallest absolute Gasteiger partial charge is 0.0727 e. The maximum atomic E-state index is 2.54. The number of aryl methyl sites for hydroxylation is 9. The average molecular weight is 1130 g/mol. The van der Waals surface area contributed by atoms with Gasteiger partial charge in [-0.05, 0) is 229 Å². The van der Waals surface area contributed by atoms with E-state index in [2.05, 4.69) is 346 Å². The number of benzene rings is 10. The van der Waals surface area contributed by atoms with E-state index in [-0.39, 0.29) is 0 Å². The van der Waals surface area contributed by atoms with E-state index in [0.29, 0.717) is 11.8 Å². The topological polar surface area (TPSA) is 9.72 Å². The maximum absolute atomic E-state index is 2.54. The summed E-state index contributed by atoms with van der Waals surface area (Å²) in [5.74, 6) is 0.994. The van der Waals surface area contributed by atoms with E-state index in [4.69, 9.17) is 0 Å². The molecule has 0 fully saturated rings. The fraction of sp³-hybridized carbons (Fsp3) is 0.190. The van der Waals surface area contributed by atoms with Crippen molar-refractivity contribution in [3.63, 3.8) is 0 Å². The molecule has 14 rings (SSSR count). The van der Waals surface area contributed by atoms with Gasteiger partial charge in [-0.3, -0.25) is 0 Å². The van der Waals surface area contributed by atoms with Crippen LogP contribution < -0.4 is 14.7 Å². The number of fused-ring (bicyclic) bond motifs is 10. The van der Waals surface area contributed by atoms with Crippen LogP contribution in [0.1, 0.15) is 99.0 Å². The van der Waals surface area contributed by atoms with Gasteiger partial charge in [0.15, 0.2) is 0 Å². The molecule has 1 spiro atoms. The van der Waals surface area contributed by atoms with E-state index >= 15 is 0 Å². The van der Waals surface area contributed by atoms with Gasteiger partial charge in [0.25, 0.3) is 0 Å². The van der Waals surface area contributed by atoms with E-state index in [1.165, 1.54) is 106 Å². The van der Waals surface area contributed by atoms with Crippen molar-refractivity contribution >= 4 is 39.8 Å². The highest BCUT2D eigenvalue weighted by atomic mass is 15.2. The minimum Gasteiger partial charge on any atom is -0.311 e. The van der Waals surface area contributed by atoms with Gasteiger partial charge < -0.3 is 14.7 Å². The lowest BCUT2D eigenvalue weighted by atomic mass is 9.70. The largest absolute Gasteiger partial charge is 0.311 e. The average Bonchev–Trinajstić information content (AvgIpc) is 1.51. The highest BCUT2D eigenvalue weighted by Gasteiger charge is 2.53. The summed E-state index contributed by atoms with van der Waals surface area (Å²) in [5, 5.41) is 0. The zero-order chi connectivity index (χ0) is 60.5. The molecule has 3 heteroatoms. The second-order valence-corrected chi connectivity index (χ2v) is 25.0. The Hall–Kier alpha value is -9.44. The lowest BCUT2D eigenvalue weighted by Gasteiger charge is -2.35. The summed E-state index contributed by atoms with van der Waals surface area (Å²) in [6.07, 6.45) is 16.2. The molecule has 87 heavy (non-hydrogen) atoms. The van der Waals surface area contributed by atoms with Crippen molar-refractivity contribution in [2.24, 2.45) is 11.8 Å². The third-order valence-corrected chi connectivity index (χ3v) is 17.9. The first-order valence-corrected chi connectivity index (χ1v) is 31.2. The van der Waals surface area contributed by atoms with Crippen molar-refractivity contribution in [2.45, 2.75) is 94.4 Å². The lowest BCUT2D eigenvalue weighted by Crippen LogP contribution is -2.27. The van der Waals surface area contributed by atoms with Crippen LogP contribution in [-0.4, -0.2) is 0 Å². The summed E-state index contributed by atoms with van der Waals surface area (Å²) < 4.78 is 0. The molecule has 0 aliphatic heterocycles. The first-order valence-electron chi connectivity index (χ1n) is 31.2. The Morgan fingerprint density at radius 2 is 0.494 bits per heavy atom. The van der Waals surface area contributed by atoms with Crippen LogP contribution >= 0.6 is 0 Å². The molecule has 0 radical (unpaired) electrons. The summed E-state index contributed by atoms with van der Waals surface area (Å²) in [6, 6.07) is 82.1. The third-order valence-electron chi connectivity index (χ3n) is 17.9. The zero-order valence-electron chi connectivity index (χ0n) is 52.7. The van der Waals surface area contributed by atoms with Crippen LogP contribution in [0.2, 0.25) is 0 Å². The summed E-state index contributed by atoms with van der Waals surface area (Å²) in [4.78, 5) is 7.40. The van der Waals surface area contributed by atoms with Gasteiger partial charge in [0.1, 0.15) is 0 Å². The minimum atomic E-state index is -0.663. The van der Waals surface area contributed by atoms with Crippen LogP contribution in [0, 0.1) is 74.1 Å². The Balaban J connectivity index is 0.000000402. The van der Waals surface area contributed by atoms with Gasteiger partial charge in [0.05, 0.1) is 5.41 Å². The Morgan fingerprint density at radius 1 is 0.264 bits per heavy atom. The maximum Gasteiger partial charge on any atom is 0.0727 e. The molecule has 0 N–H and O–H groups in total. The Morgan fingerprint density at radius 3 is 0.782 bits per heavy atom. The fourth-order valence-corrected chi connectivity index (χ4v) is 12.9. The molecule has 432 valence electrons. The zero-order valence-corrected chi connectivity index (χ0v) is 52.7. The van der Waals surface area contributed by atoms with E-state index in [9.17, 15) is 0 Å². The summed E-state index contributed by atoms with van der Waals surface area (Å²) in [6.45, 7) is 23.9. The second-order valence-electron chi connectivity index (χ2n) is 25.0. The van der Waals surface area contributed by atoms with Crippen molar-refractivity contribution in [1.82, 2.24) is 0 Å². The molecule has 2 atom stereocenters. The molecule has 4 aliphatic rings. The highest BCUT2D eigenvalue weighted by molar-refractivity contribution is 5.98. The molecule has 0 aromatic heterocycles. The molecule has 2 unspecified atom stereocenters. The first kappa shape index (κ1) is 58.0. The summed E-state index contributed by atoms with van der Waals surface area (Å²) in [5.41, 5.74) is 31.6. The Bertz CT molecular complexity index is 3980. The van der Waals surface area contributed by atoms with Gasteiger partial charge in [-0.25, -0.2) is 0 Å². The summed E-state index contributed by atoms with van der Waals surface area (Å²) >= 11 is 0. The van der Waals surface area contributed by atoms with Crippen molar-refractivity contribution in [3.8, 4) is 22.3 Å². The first-order chi connectivity index (χ1) is 42.1. The molecule has 0 bridgehead atoms. The second kappa shape index (κ2) is 24.5. The van der Waals surface area contributed by atoms with Crippen LogP contribution in [0.5, 0.6) is 0 Å². The quantitative estimate of drug-likeness (QED) is 0.143. The van der Waals surface area contributed by atoms with Crippen LogP contribution in [0.4, 0.5) is 39.8 Å². The highest BCUT2D eigenvalue weighted by Crippen LogP contribution is 2.65. The number of anilines is 7. The third kappa shape index (κ3) is 11.7. The van der Waals surface area contributed by atoms with Gasteiger partial charge in [0, 0.05) is 51.2 Å². The van der Waals surface area contributed by atoms with Crippen LogP contribution in [0.25, 0.3) is 22.3 Å². The monoisotopic (exact) mass is 1130 g/mol. The number of hydrogen-bond donors (Lipinski definition) is 0. The molecule has 10 aromatic carbocycles. The standard InChI is InChI=1S/C68H61N3.2C8H10/c1-44-8-21-51(22-9-44)69(52-23-10-45(2)11-24-52)57-33-37-61-60-36-20-50(7)40-64(60)68(65(61)41-57)66-42-58(70(53-25-12-46(3)13-26-53)54-27-14-47(4)15-28-54)34-38-62(66)63-39-35-59(43-67(63)68)71(55-29-16-48(5)17-30-55)56-31-18-49(6)19-32-56;2*1-7-3-5-8(2)6-4-7/h8-14,16-18,20-43,47,49H,15,19H2,1-7H3;2*3-6H,1-2H3. The number of nitrogens with zero attached hydrogens (tertiary/aromatic N) is 3. The van der Waals surface area contributed by atoms with Crippen LogP contribution in [-0.2, 0) is 5.41 Å². The molecular weight excluding hydrogens is 1050 g/mol. The minimum absolute atomic E-state index is 0.497. The van der Waals surface area contributed by atoms with Gasteiger partial charge >= 0.3 is 0 Å². The normalized spacial score (nSPS) is 16.4. The molecule has 0 saturated heterocycles. The van der Waals surface area contributed by atoms with Crippen molar-refractivity contribution in [2.75, 3.05) is 14.7 Å². The van der Waals surface area contributed by atoms with Gasteiger partial charge in [0.2, 0.25) is 0 Å². The predicted octanol–water partition coefficient (Wildman–Crippen LogP) is 22.9. The molecule has 0 amide bonds. The molecule has 0 heterocycles. The van der Waals surface area contributed by atoms with E-state index in [1.54, 1.807) is 0 Å². The number of hydrogen-bond acceptors (Lipinski definition) is 3. The Kier molecular flexibility index (Phi) is 16.3. The molecular formula is C84H81N3. The van der Waals surface area contributed by atoms with Gasteiger partial charge in [-0.1, -0.05) is 222 Å². The molecule has 0 saturated carbocycles. The van der Waals surface area contributed by atoms with Crippen molar-refractivity contribution < 1.29 is 0 Å². The predicted molar refractivity (Wildman–Crippen MR) is 372 cm³/mol.